The lowest BCUT2D eigenvalue weighted by Gasteiger charge is -2.13. The topological polar surface area (TPSA) is 21.3 Å². The third-order valence-corrected chi connectivity index (χ3v) is 4.33. The van der Waals surface area contributed by atoms with E-state index >= 15 is 0 Å². The summed E-state index contributed by atoms with van der Waals surface area (Å²) in [6.07, 6.45) is 2.49. The van der Waals surface area contributed by atoms with Gasteiger partial charge in [0.25, 0.3) is 0 Å². The molecule has 1 aliphatic carbocycles. The molecule has 110 valence electrons. The zero-order valence-corrected chi connectivity index (χ0v) is 14.3. The van der Waals surface area contributed by atoms with Crippen molar-refractivity contribution in [2.75, 3.05) is 0 Å². The lowest BCUT2D eigenvalue weighted by molar-refractivity contribution is 0.472. The van der Waals surface area contributed by atoms with Gasteiger partial charge in [0, 0.05) is 27.6 Å². The SMILES string of the molecule is Clc1ccc(Oc2cc(Br)ccc2Cl)c(CNC2CC2)c1. The maximum Gasteiger partial charge on any atom is 0.147 e. The van der Waals surface area contributed by atoms with Gasteiger partial charge in [0.1, 0.15) is 11.5 Å². The Morgan fingerprint density at radius 3 is 2.67 bits per heavy atom. The molecule has 1 aliphatic rings. The van der Waals surface area contributed by atoms with E-state index in [2.05, 4.69) is 21.2 Å². The fourth-order valence-corrected chi connectivity index (χ4v) is 2.69. The summed E-state index contributed by atoms with van der Waals surface area (Å²) in [5.41, 5.74) is 1.03. The smallest absolute Gasteiger partial charge is 0.147 e. The molecule has 0 bridgehead atoms. The van der Waals surface area contributed by atoms with Gasteiger partial charge in [-0.1, -0.05) is 39.1 Å². The number of halogens is 3. The Kier molecular flexibility index (Phi) is 4.75. The lowest BCUT2D eigenvalue weighted by Crippen LogP contribution is -2.15. The normalized spacial score (nSPS) is 14.2. The molecule has 0 amide bonds. The Labute approximate surface area is 142 Å². The summed E-state index contributed by atoms with van der Waals surface area (Å²) in [7, 11) is 0. The van der Waals surface area contributed by atoms with Crippen LogP contribution in [0.25, 0.3) is 0 Å². The number of hydrogen-bond donors (Lipinski definition) is 1. The molecule has 2 aromatic rings. The molecule has 0 atom stereocenters. The van der Waals surface area contributed by atoms with E-state index in [9.17, 15) is 0 Å². The van der Waals surface area contributed by atoms with Gasteiger partial charge in [0.05, 0.1) is 5.02 Å². The minimum Gasteiger partial charge on any atom is -0.455 e. The quantitative estimate of drug-likeness (QED) is 0.700. The van der Waals surface area contributed by atoms with Crippen LogP contribution in [0.15, 0.2) is 40.9 Å². The van der Waals surface area contributed by atoms with Crippen LogP contribution < -0.4 is 10.1 Å². The summed E-state index contributed by atoms with van der Waals surface area (Å²) in [5.74, 6) is 1.40. The molecule has 2 aromatic carbocycles. The number of ether oxygens (including phenoxy) is 1. The van der Waals surface area contributed by atoms with Crippen molar-refractivity contribution in [1.82, 2.24) is 5.32 Å². The zero-order valence-electron chi connectivity index (χ0n) is 11.2. The molecule has 0 unspecified atom stereocenters. The van der Waals surface area contributed by atoms with Gasteiger partial charge in [-0.3, -0.25) is 0 Å². The molecule has 5 heteroatoms. The van der Waals surface area contributed by atoms with Crippen molar-refractivity contribution in [3.63, 3.8) is 0 Å². The van der Waals surface area contributed by atoms with E-state index in [0.717, 1.165) is 22.3 Å². The Balaban J connectivity index is 1.84. The third kappa shape index (κ3) is 4.13. The second kappa shape index (κ2) is 6.57. The third-order valence-electron chi connectivity index (χ3n) is 3.29. The molecular formula is C16H14BrCl2NO. The van der Waals surface area contributed by atoms with Crippen molar-refractivity contribution in [2.45, 2.75) is 25.4 Å². The van der Waals surface area contributed by atoms with Crippen LogP contribution in [0.2, 0.25) is 10.0 Å². The average Bonchev–Trinajstić information content (AvgIpc) is 3.27. The average molecular weight is 387 g/mol. The lowest BCUT2D eigenvalue weighted by atomic mass is 10.2. The molecule has 0 aromatic heterocycles. The van der Waals surface area contributed by atoms with Crippen LogP contribution in [0, 0.1) is 0 Å². The van der Waals surface area contributed by atoms with Crippen LogP contribution in [0.5, 0.6) is 11.5 Å². The molecule has 21 heavy (non-hydrogen) atoms. The predicted octanol–water partition coefficient (Wildman–Crippen LogP) is 5.80. The first-order valence-electron chi connectivity index (χ1n) is 6.76. The van der Waals surface area contributed by atoms with Crippen LogP contribution in [0.1, 0.15) is 18.4 Å². The summed E-state index contributed by atoms with van der Waals surface area (Å²) in [5, 5.41) is 4.75. The van der Waals surface area contributed by atoms with Gasteiger partial charge in [-0.05, 0) is 49.2 Å². The molecule has 0 saturated heterocycles. The summed E-state index contributed by atoms with van der Waals surface area (Å²) in [4.78, 5) is 0. The van der Waals surface area contributed by atoms with E-state index in [1.807, 2.05) is 30.3 Å². The summed E-state index contributed by atoms with van der Waals surface area (Å²) in [6.45, 7) is 0.742. The van der Waals surface area contributed by atoms with Crippen LogP contribution in [0.3, 0.4) is 0 Å². The van der Waals surface area contributed by atoms with Crippen LogP contribution in [-0.2, 0) is 6.54 Å². The predicted molar refractivity (Wildman–Crippen MR) is 90.5 cm³/mol. The minimum absolute atomic E-state index is 0.578. The van der Waals surface area contributed by atoms with Crippen LogP contribution >= 0.6 is 39.1 Å². The second-order valence-corrected chi connectivity index (χ2v) is 6.84. The number of rotatable bonds is 5. The molecule has 1 fully saturated rings. The Bertz CT molecular complexity index is 659. The van der Waals surface area contributed by atoms with Gasteiger partial charge in [0.2, 0.25) is 0 Å². The van der Waals surface area contributed by atoms with Crippen molar-refractivity contribution < 1.29 is 4.74 Å². The van der Waals surface area contributed by atoms with Crippen LogP contribution in [0.4, 0.5) is 0 Å². The number of hydrogen-bond acceptors (Lipinski definition) is 2. The first-order valence-corrected chi connectivity index (χ1v) is 8.31. The highest BCUT2D eigenvalue weighted by molar-refractivity contribution is 9.10. The van der Waals surface area contributed by atoms with E-state index in [0.29, 0.717) is 21.8 Å². The van der Waals surface area contributed by atoms with Crippen molar-refractivity contribution in [1.29, 1.82) is 0 Å². The molecular weight excluding hydrogens is 373 g/mol. The molecule has 0 spiro atoms. The molecule has 0 aliphatic heterocycles. The number of benzene rings is 2. The van der Waals surface area contributed by atoms with E-state index in [1.165, 1.54) is 12.8 Å². The van der Waals surface area contributed by atoms with E-state index in [1.54, 1.807) is 6.07 Å². The second-order valence-electron chi connectivity index (χ2n) is 5.08. The molecule has 1 N–H and O–H groups in total. The van der Waals surface area contributed by atoms with Crippen LogP contribution in [-0.4, -0.2) is 6.04 Å². The van der Waals surface area contributed by atoms with Gasteiger partial charge in [-0.2, -0.15) is 0 Å². The maximum atomic E-state index is 6.18. The van der Waals surface area contributed by atoms with Gasteiger partial charge < -0.3 is 10.1 Å². The highest BCUT2D eigenvalue weighted by Gasteiger charge is 2.21. The van der Waals surface area contributed by atoms with Crippen molar-refractivity contribution >= 4 is 39.1 Å². The summed E-state index contributed by atoms with van der Waals surface area (Å²) >= 11 is 15.7. The minimum atomic E-state index is 0.578. The van der Waals surface area contributed by atoms with Crippen molar-refractivity contribution in [3.8, 4) is 11.5 Å². The highest BCUT2D eigenvalue weighted by Crippen LogP contribution is 2.34. The molecule has 3 rings (SSSR count). The monoisotopic (exact) mass is 385 g/mol. The molecule has 0 radical (unpaired) electrons. The summed E-state index contributed by atoms with van der Waals surface area (Å²) < 4.78 is 6.89. The molecule has 1 saturated carbocycles. The Morgan fingerprint density at radius 2 is 1.90 bits per heavy atom. The highest BCUT2D eigenvalue weighted by atomic mass is 79.9. The van der Waals surface area contributed by atoms with Crippen molar-refractivity contribution in [2.24, 2.45) is 0 Å². The fraction of sp³-hybridized carbons (Fsp3) is 0.250. The zero-order chi connectivity index (χ0) is 14.8. The Hall–Kier alpha value is -0.740. The summed E-state index contributed by atoms with van der Waals surface area (Å²) in [6, 6.07) is 11.8. The van der Waals surface area contributed by atoms with Gasteiger partial charge in [0.15, 0.2) is 0 Å². The molecule has 0 heterocycles. The van der Waals surface area contributed by atoms with Gasteiger partial charge >= 0.3 is 0 Å². The fourth-order valence-electron chi connectivity index (χ4n) is 2.00. The van der Waals surface area contributed by atoms with Gasteiger partial charge in [-0.15, -0.1) is 0 Å². The van der Waals surface area contributed by atoms with Crippen molar-refractivity contribution in [3.05, 3.63) is 56.5 Å². The maximum absolute atomic E-state index is 6.18. The molecule has 2 nitrogen and oxygen atoms in total. The number of nitrogens with one attached hydrogen (secondary N) is 1. The first kappa shape index (κ1) is 15.2. The van der Waals surface area contributed by atoms with E-state index < -0.39 is 0 Å². The van der Waals surface area contributed by atoms with Gasteiger partial charge in [-0.25, -0.2) is 0 Å². The largest absolute Gasteiger partial charge is 0.455 e. The first-order chi connectivity index (χ1) is 10.1. The standard InChI is InChI=1S/C16H14BrCl2NO/c17-11-1-5-14(19)16(8-11)21-15-6-2-12(18)7-10(15)9-20-13-3-4-13/h1-2,5-8,13,20H,3-4,9H2. The van der Waals surface area contributed by atoms with E-state index in [4.69, 9.17) is 27.9 Å². The Morgan fingerprint density at radius 1 is 1.10 bits per heavy atom. The van der Waals surface area contributed by atoms with E-state index in [-0.39, 0.29) is 0 Å².